The lowest BCUT2D eigenvalue weighted by molar-refractivity contribution is 0.164. The van der Waals surface area contributed by atoms with Crippen molar-refractivity contribution in [3.63, 3.8) is 0 Å². The molecule has 0 spiro atoms. The van der Waals surface area contributed by atoms with Crippen LogP contribution in [0, 0.1) is 6.92 Å². The maximum absolute atomic E-state index is 13.4. The summed E-state index contributed by atoms with van der Waals surface area (Å²) in [5, 5.41) is 2.97. The summed E-state index contributed by atoms with van der Waals surface area (Å²) < 4.78 is 11.1. The molecule has 3 aromatic heterocycles. The van der Waals surface area contributed by atoms with Gasteiger partial charge in [-0.3, -0.25) is 9.88 Å². The van der Waals surface area contributed by atoms with E-state index in [4.69, 9.17) is 14.5 Å². The fourth-order valence-corrected chi connectivity index (χ4v) is 4.52. The van der Waals surface area contributed by atoms with Crippen LogP contribution in [0.1, 0.15) is 12.1 Å². The third-order valence-corrected chi connectivity index (χ3v) is 6.01. The molecule has 0 aliphatic carbocycles. The first kappa shape index (κ1) is 18.9. The molecule has 9 heteroatoms. The molecule has 3 aromatic rings. The molecule has 1 unspecified atom stereocenters. The van der Waals surface area contributed by atoms with Crippen molar-refractivity contribution in [1.29, 1.82) is 0 Å². The standard InChI is InChI=1S/C23H22N6O3/c1-14-10-15(4-6-24-14)18-2-3-19-21(27-18)29(17-5-7-28(19)13-17)23(30)26-16-11-20-22(25-12-16)32-9-8-31-20/h2-4,6,10-12,17H,5,7-9,13H2,1H3,(H,26,30). The number of nitrogens with zero attached hydrogens (tertiary/aromatic N) is 5. The molecule has 0 radical (unpaired) electrons. The quantitative estimate of drug-likeness (QED) is 0.667. The number of anilines is 3. The molecule has 1 atom stereocenters. The van der Waals surface area contributed by atoms with Gasteiger partial charge in [0.1, 0.15) is 13.2 Å². The van der Waals surface area contributed by atoms with Gasteiger partial charge < -0.3 is 19.7 Å². The highest BCUT2D eigenvalue weighted by atomic mass is 16.6. The van der Waals surface area contributed by atoms with E-state index in [-0.39, 0.29) is 12.1 Å². The smallest absolute Gasteiger partial charge is 0.327 e. The van der Waals surface area contributed by atoms with Crippen molar-refractivity contribution in [2.75, 3.05) is 41.4 Å². The Bertz CT molecular complexity index is 1220. The maximum Gasteiger partial charge on any atom is 0.327 e. The Hall–Kier alpha value is -3.88. The first-order valence-electron chi connectivity index (χ1n) is 10.7. The van der Waals surface area contributed by atoms with Crippen LogP contribution in [0.15, 0.2) is 42.7 Å². The average molecular weight is 430 g/mol. The largest absolute Gasteiger partial charge is 0.484 e. The summed E-state index contributed by atoms with van der Waals surface area (Å²) >= 11 is 0. The summed E-state index contributed by atoms with van der Waals surface area (Å²) in [6.45, 7) is 4.59. The zero-order valence-corrected chi connectivity index (χ0v) is 17.6. The number of nitrogens with one attached hydrogen (secondary N) is 1. The molecule has 3 aliphatic rings. The zero-order valence-electron chi connectivity index (χ0n) is 17.6. The van der Waals surface area contributed by atoms with E-state index in [1.54, 1.807) is 23.4 Å². The Kier molecular flexibility index (Phi) is 4.34. The van der Waals surface area contributed by atoms with Crippen LogP contribution in [0.25, 0.3) is 11.3 Å². The molecule has 1 saturated heterocycles. The van der Waals surface area contributed by atoms with E-state index in [1.807, 2.05) is 25.1 Å². The van der Waals surface area contributed by atoms with Crippen LogP contribution in [-0.4, -0.2) is 53.3 Å². The highest BCUT2D eigenvalue weighted by Gasteiger charge is 2.40. The van der Waals surface area contributed by atoms with Crippen LogP contribution >= 0.6 is 0 Å². The molecule has 1 N–H and O–H groups in total. The fourth-order valence-electron chi connectivity index (χ4n) is 4.52. The summed E-state index contributed by atoms with van der Waals surface area (Å²) in [5.74, 6) is 1.66. The van der Waals surface area contributed by atoms with Crippen LogP contribution in [0.4, 0.5) is 22.0 Å². The number of aromatic nitrogens is 3. The van der Waals surface area contributed by atoms with Gasteiger partial charge in [0.25, 0.3) is 5.88 Å². The van der Waals surface area contributed by atoms with Crippen molar-refractivity contribution in [3.8, 4) is 22.9 Å². The van der Waals surface area contributed by atoms with E-state index in [0.717, 1.165) is 42.1 Å². The number of hydrogen-bond acceptors (Lipinski definition) is 7. The SMILES string of the molecule is Cc1cc(-c2ccc3c(n2)N(C(=O)Nc2cnc4c(c2)OCCO4)C2CCN3C2)ccn1. The third kappa shape index (κ3) is 3.17. The molecule has 1 fully saturated rings. The Morgan fingerprint density at radius 3 is 2.97 bits per heavy atom. The van der Waals surface area contributed by atoms with E-state index in [9.17, 15) is 4.79 Å². The molecule has 32 heavy (non-hydrogen) atoms. The van der Waals surface area contributed by atoms with Gasteiger partial charge in [0.2, 0.25) is 0 Å². The van der Waals surface area contributed by atoms with E-state index in [1.165, 1.54) is 0 Å². The molecule has 3 aliphatic heterocycles. The number of ether oxygens (including phenoxy) is 2. The summed E-state index contributed by atoms with van der Waals surface area (Å²) in [7, 11) is 0. The highest BCUT2D eigenvalue weighted by molar-refractivity contribution is 6.04. The van der Waals surface area contributed by atoms with Gasteiger partial charge in [0.15, 0.2) is 11.6 Å². The van der Waals surface area contributed by atoms with Gasteiger partial charge in [0.05, 0.1) is 29.3 Å². The van der Waals surface area contributed by atoms with Crippen LogP contribution in [0.3, 0.4) is 0 Å². The Morgan fingerprint density at radius 1 is 1.16 bits per heavy atom. The van der Waals surface area contributed by atoms with Crippen molar-refractivity contribution in [2.24, 2.45) is 0 Å². The Balaban J connectivity index is 1.34. The van der Waals surface area contributed by atoms with Crippen molar-refractivity contribution in [1.82, 2.24) is 15.0 Å². The molecular weight excluding hydrogens is 408 g/mol. The van der Waals surface area contributed by atoms with Gasteiger partial charge in [-0.15, -0.1) is 0 Å². The topological polar surface area (TPSA) is 92.7 Å². The number of carbonyl (C=O) groups is 1. The van der Waals surface area contributed by atoms with Gasteiger partial charge in [-0.25, -0.2) is 14.8 Å². The summed E-state index contributed by atoms with van der Waals surface area (Å²) in [6, 6.07) is 9.58. The number of carbonyl (C=O) groups excluding carboxylic acids is 1. The van der Waals surface area contributed by atoms with Crippen molar-refractivity contribution in [3.05, 3.63) is 48.4 Å². The minimum atomic E-state index is -0.230. The number of fused-ring (bicyclic) bond motifs is 5. The van der Waals surface area contributed by atoms with Crippen molar-refractivity contribution < 1.29 is 14.3 Å². The molecule has 2 bridgehead atoms. The lowest BCUT2D eigenvalue weighted by atomic mass is 10.1. The highest BCUT2D eigenvalue weighted by Crippen LogP contribution is 2.40. The molecule has 9 nitrogen and oxygen atoms in total. The number of pyridine rings is 3. The number of urea groups is 1. The van der Waals surface area contributed by atoms with Gasteiger partial charge >= 0.3 is 6.03 Å². The molecular formula is C23H22N6O3. The summed E-state index contributed by atoms with van der Waals surface area (Å²) in [4.78, 5) is 31.0. The Morgan fingerprint density at radius 2 is 2.06 bits per heavy atom. The van der Waals surface area contributed by atoms with Crippen LogP contribution in [-0.2, 0) is 0 Å². The van der Waals surface area contributed by atoms with Crippen LogP contribution in [0.5, 0.6) is 11.6 Å². The number of amides is 2. The van der Waals surface area contributed by atoms with Gasteiger partial charge in [0, 0.05) is 36.6 Å². The van der Waals surface area contributed by atoms with E-state index in [0.29, 0.717) is 36.3 Å². The minimum absolute atomic E-state index is 0.0644. The fraction of sp³-hybridized carbons (Fsp3) is 0.304. The van der Waals surface area contributed by atoms with Crippen LogP contribution < -0.4 is 24.6 Å². The predicted octanol–water partition coefficient (Wildman–Crippen LogP) is 3.25. The second-order valence-electron chi connectivity index (χ2n) is 8.14. The molecule has 6 heterocycles. The summed E-state index contributed by atoms with van der Waals surface area (Å²) in [6.07, 6.45) is 4.26. The third-order valence-electron chi connectivity index (χ3n) is 6.01. The first-order chi connectivity index (χ1) is 15.7. The van der Waals surface area contributed by atoms with Gasteiger partial charge in [-0.2, -0.15) is 0 Å². The van der Waals surface area contributed by atoms with E-state index >= 15 is 0 Å². The summed E-state index contributed by atoms with van der Waals surface area (Å²) in [5.41, 5.74) is 4.25. The second-order valence-corrected chi connectivity index (χ2v) is 8.14. The monoisotopic (exact) mass is 430 g/mol. The number of rotatable bonds is 2. The van der Waals surface area contributed by atoms with Crippen LogP contribution in [0.2, 0.25) is 0 Å². The first-order valence-corrected chi connectivity index (χ1v) is 10.7. The van der Waals surface area contributed by atoms with E-state index < -0.39 is 0 Å². The maximum atomic E-state index is 13.4. The number of hydrogen-bond donors (Lipinski definition) is 1. The molecule has 0 aromatic carbocycles. The average Bonchev–Trinajstić information content (AvgIpc) is 3.23. The second kappa shape index (κ2) is 7.37. The molecule has 2 amide bonds. The van der Waals surface area contributed by atoms with Crippen molar-refractivity contribution >= 4 is 23.2 Å². The minimum Gasteiger partial charge on any atom is -0.484 e. The molecule has 6 rings (SSSR count). The Labute approximate surface area is 185 Å². The number of aryl methyl sites for hydroxylation is 1. The van der Waals surface area contributed by atoms with E-state index in [2.05, 4.69) is 26.3 Å². The lowest BCUT2D eigenvalue weighted by Gasteiger charge is -2.36. The zero-order chi connectivity index (χ0) is 21.7. The van der Waals surface area contributed by atoms with Gasteiger partial charge in [-0.1, -0.05) is 0 Å². The normalized spacial score (nSPS) is 18.3. The molecule has 162 valence electrons. The van der Waals surface area contributed by atoms with Gasteiger partial charge in [-0.05, 0) is 37.6 Å². The predicted molar refractivity (Wildman–Crippen MR) is 120 cm³/mol. The lowest BCUT2D eigenvalue weighted by Crippen LogP contribution is -2.48. The molecule has 0 saturated carbocycles. The van der Waals surface area contributed by atoms with Crippen molar-refractivity contribution in [2.45, 2.75) is 19.4 Å².